The van der Waals surface area contributed by atoms with Gasteiger partial charge in [-0.05, 0) is 31.4 Å². The zero-order valence-electron chi connectivity index (χ0n) is 12.5. The summed E-state index contributed by atoms with van der Waals surface area (Å²) in [6.45, 7) is 2.04. The Balaban J connectivity index is 2.02. The zero-order chi connectivity index (χ0) is 15.1. The van der Waals surface area contributed by atoms with Gasteiger partial charge in [-0.2, -0.15) is 0 Å². The summed E-state index contributed by atoms with van der Waals surface area (Å²) in [5.41, 5.74) is 0.938. The molecule has 0 radical (unpaired) electrons. The van der Waals surface area contributed by atoms with E-state index in [1.54, 1.807) is 7.11 Å². The molecule has 0 aliphatic heterocycles. The topological polar surface area (TPSA) is 50.7 Å². The first kappa shape index (κ1) is 16.6. The predicted molar refractivity (Wildman–Crippen MR) is 83.9 cm³/mol. The number of halogens is 1. The van der Waals surface area contributed by atoms with Crippen molar-refractivity contribution in [2.45, 2.75) is 44.4 Å². The van der Waals surface area contributed by atoms with Gasteiger partial charge in [0.2, 0.25) is 0 Å². The second-order valence-electron chi connectivity index (χ2n) is 5.39. The van der Waals surface area contributed by atoms with Gasteiger partial charge in [0.1, 0.15) is 11.9 Å². The van der Waals surface area contributed by atoms with Crippen molar-refractivity contribution in [2.24, 2.45) is 0 Å². The summed E-state index contributed by atoms with van der Waals surface area (Å²) < 4.78 is 11.0. The number of nitrogens with one attached hydrogen (secondary N) is 1. The largest absolute Gasteiger partial charge is 0.487 e. The maximum Gasteiger partial charge on any atom is 0.125 e. The first-order valence-electron chi connectivity index (χ1n) is 7.54. The van der Waals surface area contributed by atoms with Gasteiger partial charge in [-0.25, -0.2) is 0 Å². The molecule has 0 bridgehead atoms. The van der Waals surface area contributed by atoms with Crippen LogP contribution in [0.3, 0.4) is 0 Å². The molecule has 2 rings (SSSR count). The van der Waals surface area contributed by atoms with Gasteiger partial charge in [0.15, 0.2) is 0 Å². The molecule has 0 amide bonds. The lowest BCUT2D eigenvalue weighted by Crippen LogP contribution is -2.35. The first-order valence-corrected chi connectivity index (χ1v) is 7.92. The summed E-state index contributed by atoms with van der Waals surface area (Å²) >= 11 is 6.28. The van der Waals surface area contributed by atoms with Crippen molar-refractivity contribution in [3.05, 3.63) is 28.8 Å². The van der Waals surface area contributed by atoms with Crippen molar-refractivity contribution in [2.75, 3.05) is 20.3 Å². The van der Waals surface area contributed by atoms with E-state index < -0.39 is 0 Å². The molecule has 1 aromatic rings. The zero-order valence-corrected chi connectivity index (χ0v) is 13.2. The summed E-state index contributed by atoms with van der Waals surface area (Å²) in [7, 11) is 1.68. The Hall–Kier alpha value is -0.810. The molecule has 0 heterocycles. The number of aliphatic hydroxyl groups is 1. The molecular weight excluding hydrogens is 290 g/mol. The summed E-state index contributed by atoms with van der Waals surface area (Å²) in [5.74, 6) is 0.762. The summed E-state index contributed by atoms with van der Waals surface area (Å²) in [5, 5.41) is 14.0. The normalized spacial score (nSPS) is 22.2. The minimum atomic E-state index is -0.382. The van der Waals surface area contributed by atoms with E-state index in [9.17, 15) is 5.11 Å². The standard InChI is InChI=1S/C16H24ClNO3/c1-20-10-9-18-11-12-13(17)5-4-8-15(12)21-16-7-3-2-6-14(16)19/h4-5,8,14,16,18-19H,2-3,6-7,9-11H2,1H3. The average molecular weight is 314 g/mol. The van der Waals surface area contributed by atoms with Crippen LogP contribution in [0.15, 0.2) is 18.2 Å². The minimum absolute atomic E-state index is 0.130. The Kier molecular flexibility index (Phi) is 6.77. The highest BCUT2D eigenvalue weighted by atomic mass is 35.5. The number of methoxy groups -OCH3 is 1. The van der Waals surface area contributed by atoms with Crippen LogP contribution < -0.4 is 10.1 Å². The molecule has 5 heteroatoms. The van der Waals surface area contributed by atoms with E-state index in [0.717, 1.165) is 43.5 Å². The van der Waals surface area contributed by atoms with E-state index in [4.69, 9.17) is 21.1 Å². The van der Waals surface area contributed by atoms with Gasteiger partial charge in [0, 0.05) is 30.8 Å². The van der Waals surface area contributed by atoms with Crippen molar-refractivity contribution in [3.8, 4) is 5.75 Å². The van der Waals surface area contributed by atoms with Gasteiger partial charge in [0.25, 0.3) is 0 Å². The second-order valence-corrected chi connectivity index (χ2v) is 5.80. The molecule has 0 spiro atoms. The predicted octanol–water partition coefficient (Wildman–Crippen LogP) is 2.76. The molecule has 4 nitrogen and oxygen atoms in total. The quantitative estimate of drug-likeness (QED) is 0.760. The van der Waals surface area contributed by atoms with E-state index in [1.807, 2.05) is 18.2 Å². The molecular formula is C16H24ClNO3. The van der Waals surface area contributed by atoms with Gasteiger partial charge < -0.3 is 19.9 Å². The summed E-state index contributed by atoms with van der Waals surface area (Å²) in [4.78, 5) is 0. The SMILES string of the molecule is COCCNCc1c(Cl)cccc1OC1CCCCC1O. The van der Waals surface area contributed by atoms with E-state index in [2.05, 4.69) is 5.32 Å². The fraction of sp³-hybridized carbons (Fsp3) is 0.625. The van der Waals surface area contributed by atoms with Crippen molar-refractivity contribution in [3.63, 3.8) is 0 Å². The van der Waals surface area contributed by atoms with Crippen LogP contribution in [0.2, 0.25) is 5.02 Å². The van der Waals surface area contributed by atoms with Crippen molar-refractivity contribution in [1.82, 2.24) is 5.32 Å². The highest BCUT2D eigenvalue weighted by Crippen LogP contribution is 2.30. The van der Waals surface area contributed by atoms with Crippen LogP contribution in [0.4, 0.5) is 0 Å². The molecule has 0 saturated heterocycles. The first-order chi connectivity index (χ1) is 10.2. The number of aliphatic hydroxyl groups excluding tert-OH is 1. The van der Waals surface area contributed by atoms with Crippen molar-refractivity contribution in [1.29, 1.82) is 0 Å². The van der Waals surface area contributed by atoms with Gasteiger partial charge >= 0.3 is 0 Å². The van der Waals surface area contributed by atoms with Gasteiger partial charge in [-0.1, -0.05) is 24.1 Å². The van der Waals surface area contributed by atoms with E-state index in [-0.39, 0.29) is 12.2 Å². The molecule has 0 aromatic heterocycles. The fourth-order valence-corrected chi connectivity index (χ4v) is 2.82. The smallest absolute Gasteiger partial charge is 0.125 e. The average Bonchev–Trinajstić information content (AvgIpc) is 2.48. The lowest BCUT2D eigenvalue weighted by Gasteiger charge is -2.29. The molecule has 118 valence electrons. The molecule has 2 unspecified atom stereocenters. The van der Waals surface area contributed by atoms with Crippen LogP contribution in [0, 0.1) is 0 Å². The third-order valence-corrected chi connectivity index (χ3v) is 4.16. The molecule has 2 atom stereocenters. The Bertz CT molecular complexity index is 442. The maximum atomic E-state index is 10.0. The van der Waals surface area contributed by atoms with Gasteiger partial charge in [-0.3, -0.25) is 0 Å². The van der Waals surface area contributed by atoms with Crippen LogP contribution in [0.1, 0.15) is 31.2 Å². The fourth-order valence-electron chi connectivity index (χ4n) is 2.59. The van der Waals surface area contributed by atoms with Gasteiger partial charge in [0.05, 0.1) is 12.7 Å². The van der Waals surface area contributed by atoms with Crippen LogP contribution in [0.25, 0.3) is 0 Å². The molecule has 2 N–H and O–H groups in total. The van der Waals surface area contributed by atoms with Crippen LogP contribution >= 0.6 is 11.6 Å². The molecule has 1 aliphatic rings. The Morgan fingerprint density at radius 1 is 1.33 bits per heavy atom. The summed E-state index contributed by atoms with van der Waals surface area (Å²) in [6.07, 6.45) is 3.37. The lowest BCUT2D eigenvalue weighted by atomic mass is 9.95. The Morgan fingerprint density at radius 2 is 2.14 bits per heavy atom. The third-order valence-electron chi connectivity index (χ3n) is 3.81. The number of hydrogen-bond acceptors (Lipinski definition) is 4. The van der Waals surface area contributed by atoms with Crippen LogP contribution in [-0.4, -0.2) is 37.6 Å². The van der Waals surface area contributed by atoms with E-state index in [1.165, 1.54) is 0 Å². The van der Waals surface area contributed by atoms with E-state index in [0.29, 0.717) is 18.2 Å². The third kappa shape index (κ3) is 4.85. The van der Waals surface area contributed by atoms with Gasteiger partial charge in [-0.15, -0.1) is 0 Å². The second kappa shape index (κ2) is 8.59. The van der Waals surface area contributed by atoms with Crippen molar-refractivity contribution < 1.29 is 14.6 Å². The highest BCUT2D eigenvalue weighted by Gasteiger charge is 2.25. The molecule has 1 fully saturated rings. The van der Waals surface area contributed by atoms with Crippen molar-refractivity contribution >= 4 is 11.6 Å². The molecule has 21 heavy (non-hydrogen) atoms. The summed E-state index contributed by atoms with van der Waals surface area (Å²) in [6, 6.07) is 5.66. The number of ether oxygens (including phenoxy) is 2. The monoisotopic (exact) mass is 313 g/mol. The highest BCUT2D eigenvalue weighted by molar-refractivity contribution is 6.31. The van der Waals surface area contributed by atoms with Crippen LogP contribution in [-0.2, 0) is 11.3 Å². The van der Waals surface area contributed by atoms with E-state index >= 15 is 0 Å². The Morgan fingerprint density at radius 3 is 2.90 bits per heavy atom. The molecule has 1 saturated carbocycles. The number of rotatable bonds is 7. The number of benzene rings is 1. The number of hydrogen-bond donors (Lipinski definition) is 2. The molecule has 1 aromatic carbocycles. The maximum absolute atomic E-state index is 10.0. The minimum Gasteiger partial charge on any atom is -0.487 e. The molecule has 1 aliphatic carbocycles. The lowest BCUT2D eigenvalue weighted by molar-refractivity contribution is 0.00635. The Labute approximate surface area is 131 Å². The van der Waals surface area contributed by atoms with Crippen LogP contribution in [0.5, 0.6) is 5.75 Å².